The van der Waals surface area contributed by atoms with Crippen molar-refractivity contribution < 1.29 is 5.02 Å². The molecule has 1 saturated heterocycles. The highest BCUT2D eigenvalue weighted by atomic mass is 16.2. The molecule has 0 atom stereocenters. The van der Waals surface area contributed by atoms with Crippen LogP contribution in [0.3, 0.4) is 0 Å². The first-order chi connectivity index (χ1) is 6.09. The van der Waals surface area contributed by atoms with Gasteiger partial charge in [0.05, 0.1) is 0 Å². The van der Waals surface area contributed by atoms with Crippen molar-refractivity contribution in [1.29, 1.82) is 0 Å². The second kappa shape index (κ2) is 4.98. The Morgan fingerprint density at radius 3 is 2.31 bits per heavy atom. The van der Waals surface area contributed by atoms with E-state index >= 15 is 0 Å². The highest BCUT2D eigenvalue weighted by molar-refractivity contribution is 6.45. The molecule has 0 aromatic rings. The molecule has 1 heterocycles. The van der Waals surface area contributed by atoms with Gasteiger partial charge in [-0.2, -0.15) is 0 Å². The monoisotopic (exact) mass is 184 g/mol. The van der Waals surface area contributed by atoms with Crippen LogP contribution in [-0.2, 0) is 0 Å². The van der Waals surface area contributed by atoms with Crippen LogP contribution in [-0.4, -0.2) is 55.5 Å². The fourth-order valence-electron chi connectivity index (χ4n) is 2.03. The molecule has 0 saturated carbocycles. The first-order valence-corrected chi connectivity index (χ1v) is 5.16. The van der Waals surface area contributed by atoms with Crippen LogP contribution in [0.1, 0.15) is 12.8 Å². The van der Waals surface area contributed by atoms with Crippen molar-refractivity contribution >= 4 is 7.05 Å². The number of nitrogens with zero attached hydrogens (tertiary/aromatic N) is 2. The van der Waals surface area contributed by atoms with E-state index in [4.69, 9.17) is 0 Å². The summed E-state index contributed by atoms with van der Waals surface area (Å²) in [5.74, 6) is 0.824. The summed E-state index contributed by atoms with van der Waals surface area (Å²) < 4.78 is 0. The largest absolute Gasteiger partial charge is 0.437 e. The summed E-state index contributed by atoms with van der Waals surface area (Å²) in [5.41, 5.74) is 0. The Morgan fingerprint density at radius 2 is 1.92 bits per heavy atom. The number of hydrogen-bond acceptors (Lipinski definition) is 3. The minimum Gasteiger partial charge on any atom is -0.437 e. The molecule has 0 bridgehead atoms. The van der Waals surface area contributed by atoms with Gasteiger partial charge in [-0.15, -0.1) is 0 Å². The maximum atomic E-state index is 9.36. The third kappa shape index (κ3) is 3.67. The SMILES string of the molecule is CB(O)N1CCC(CN(C)C)CC1. The first kappa shape index (κ1) is 11.0. The molecule has 76 valence electrons. The van der Waals surface area contributed by atoms with Gasteiger partial charge in [0, 0.05) is 6.54 Å². The Labute approximate surface area is 81.8 Å². The van der Waals surface area contributed by atoms with E-state index in [2.05, 4.69) is 23.8 Å². The van der Waals surface area contributed by atoms with Gasteiger partial charge in [0.1, 0.15) is 0 Å². The average molecular weight is 184 g/mol. The lowest BCUT2D eigenvalue weighted by atomic mass is 9.81. The van der Waals surface area contributed by atoms with E-state index in [1.807, 2.05) is 6.82 Å². The summed E-state index contributed by atoms with van der Waals surface area (Å²) >= 11 is 0. The molecule has 1 aliphatic rings. The normalized spacial score (nSPS) is 21.0. The van der Waals surface area contributed by atoms with Crippen molar-refractivity contribution in [3.8, 4) is 0 Å². The van der Waals surface area contributed by atoms with Gasteiger partial charge in [0.2, 0.25) is 0 Å². The molecule has 1 N–H and O–H groups in total. The van der Waals surface area contributed by atoms with E-state index in [0.29, 0.717) is 0 Å². The summed E-state index contributed by atoms with van der Waals surface area (Å²) in [6.45, 7) is 5.15. The molecule has 0 spiro atoms. The lowest BCUT2D eigenvalue weighted by Gasteiger charge is -2.33. The van der Waals surface area contributed by atoms with Crippen LogP contribution < -0.4 is 0 Å². The maximum Gasteiger partial charge on any atom is 0.376 e. The van der Waals surface area contributed by atoms with Crippen molar-refractivity contribution in [2.75, 3.05) is 33.7 Å². The molecule has 1 fully saturated rings. The zero-order valence-corrected chi connectivity index (χ0v) is 9.03. The average Bonchev–Trinajstić information content (AvgIpc) is 2.04. The van der Waals surface area contributed by atoms with Crippen molar-refractivity contribution in [3.05, 3.63) is 0 Å². The fourth-order valence-corrected chi connectivity index (χ4v) is 2.03. The van der Waals surface area contributed by atoms with E-state index in [-0.39, 0.29) is 7.05 Å². The van der Waals surface area contributed by atoms with Gasteiger partial charge in [0.15, 0.2) is 0 Å². The third-order valence-corrected chi connectivity index (χ3v) is 2.80. The van der Waals surface area contributed by atoms with Crippen LogP contribution in [0.5, 0.6) is 0 Å². The quantitative estimate of drug-likeness (QED) is 0.642. The Hall–Kier alpha value is -0.0551. The van der Waals surface area contributed by atoms with Crippen LogP contribution in [0.4, 0.5) is 0 Å². The van der Waals surface area contributed by atoms with Gasteiger partial charge < -0.3 is 14.7 Å². The molecule has 1 aliphatic heterocycles. The highest BCUT2D eigenvalue weighted by Crippen LogP contribution is 2.17. The Balaban J connectivity index is 2.22. The van der Waals surface area contributed by atoms with Crippen LogP contribution in [0.2, 0.25) is 6.82 Å². The van der Waals surface area contributed by atoms with Gasteiger partial charge in [-0.1, -0.05) is 0 Å². The molecule has 0 unspecified atom stereocenters. The van der Waals surface area contributed by atoms with Crippen LogP contribution in [0.15, 0.2) is 0 Å². The van der Waals surface area contributed by atoms with Crippen molar-refractivity contribution in [2.45, 2.75) is 19.7 Å². The topological polar surface area (TPSA) is 26.7 Å². The predicted octanol–water partition coefficient (Wildman–Crippen LogP) is 0.370. The van der Waals surface area contributed by atoms with Crippen molar-refractivity contribution in [3.63, 3.8) is 0 Å². The lowest BCUT2D eigenvalue weighted by molar-refractivity contribution is 0.211. The molecular weight excluding hydrogens is 163 g/mol. The van der Waals surface area contributed by atoms with Crippen LogP contribution >= 0.6 is 0 Å². The zero-order valence-electron chi connectivity index (χ0n) is 9.03. The minimum absolute atomic E-state index is 0.264. The predicted molar refractivity (Wildman–Crippen MR) is 56.7 cm³/mol. The van der Waals surface area contributed by atoms with E-state index in [9.17, 15) is 5.02 Å². The second-order valence-electron chi connectivity index (χ2n) is 4.37. The first-order valence-electron chi connectivity index (χ1n) is 5.16. The Bertz CT molecular complexity index is 145. The summed E-state index contributed by atoms with van der Waals surface area (Å²) in [4.78, 5) is 4.40. The highest BCUT2D eigenvalue weighted by Gasteiger charge is 2.23. The smallest absolute Gasteiger partial charge is 0.376 e. The third-order valence-electron chi connectivity index (χ3n) is 2.80. The number of rotatable bonds is 3. The maximum absolute atomic E-state index is 9.36. The molecule has 0 amide bonds. The minimum atomic E-state index is -0.264. The molecule has 1 rings (SSSR count). The molecule has 0 aromatic carbocycles. The number of piperidine rings is 1. The van der Waals surface area contributed by atoms with E-state index in [0.717, 1.165) is 19.0 Å². The van der Waals surface area contributed by atoms with Crippen LogP contribution in [0, 0.1) is 5.92 Å². The summed E-state index contributed by atoms with van der Waals surface area (Å²) in [6.07, 6.45) is 2.45. The van der Waals surface area contributed by atoms with E-state index in [1.54, 1.807) is 0 Å². The molecular formula is C9H21BN2O. The van der Waals surface area contributed by atoms with Gasteiger partial charge in [-0.05, 0) is 52.8 Å². The molecule has 4 heteroatoms. The fraction of sp³-hybridized carbons (Fsp3) is 1.00. The second-order valence-corrected chi connectivity index (χ2v) is 4.37. The Kier molecular flexibility index (Phi) is 4.23. The van der Waals surface area contributed by atoms with E-state index in [1.165, 1.54) is 19.4 Å². The molecule has 3 nitrogen and oxygen atoms in total. The summed E-state index contributed by atoms with van der Waals surface area (Å²) in [5, 5.41) is 9.36. The Morgan fingerprint density at radius 1 is 1.38 bits per heavy atom. The summed E-state index contributed by atoms with van der Waals surface area (Å²) in [6, 6.07) is 0. The standard InChI is InChI=1S/C9H21BN2O/c1-10(13)12-6-4-9(5-7-12)8-11(2)3/h9,13H,4-8H2,1-3H3. The molecule has 13 heavy (non-hydrogen) atoms. The lowest BCUT2D eigenvalue weighted by Crippen LogP contribution is -2.44. The molecule has 0 aromatic heterocycles. The van der Waals surface area contributed by atoms with Gasteiger partial charge in [-0.25, -0.2) is 0 Å². The van der Waals surface area contributed by atoms with E-state index < -0.39 is 0 Å². The molecule has 0 aliphatic carbocycles. The summed E-state index contributed by atoms with van der Waals surface area (Å²) in [7, 11) is 3.99. The van der Waals surface area contributed by atoms with Gasteiger partial charge in [-0.3, -0.25) is 0 Å². The zero-order chi connectivity index (χ0) is 9.84. The number of hydrogen-bond donors (Lipinski definition) is 1. The van der Waals surface area contributed by atoms with Gasteiger partial charge in [0.25, 0.3) is 0 Å². The van der Waals surface area contributed by atoms with Crippen molar-refractivity contribution in [1.82, 2.24) is 9.71 Å². The van der Waals surface area contributed by atoms with Crippen LogP contribution in [0.25, 0.3) is 0 Å². The van der Waals surface area contributed by atoms with Crippen molar-refractivity contribution in [2.24, 2.45) is 5.92 Å². The van der Waals surface area contributed by atoms with Gasteiger partial charge >= 0.3 is 7.05 Å². The molecule has 0 radical (unpaired) electrons.